The van der Waals surface area contributed by atoms with Crippen LogP contribution in [0.3, 0.4) is 0 Å². The summed E-state index contributed by atoms with van der Waals surface area (Å²) in [7, 11) is 3.38. The molecule has 1 rings (SSSR count). The summed E-state index contributed by atoms with van der Waals surface area (Å²) in [5.41, 5.74) is 0. The van der Waals surface area contributed by atoms with E-state index in [-0.39, 0.29) is 0 Å². The van der Waals surface area contributed by atoms with Crippen molar-refractivity contribution in [3.63, 3.8) is 0 Å². The second-order valence-electron chi connectivity index (χ2n) is 1.43. The molecule has 4 heteroatoms. The number of ether oxygens (including phenoxy) is 1. The van der Waals surface area contributed by atoms with Crippen LogP contribution in [0.4, 0.5) is 0 Å². The summed E-state index contributed by atoms with van der Waals surface area (Å²) in [6, 6.07) is 0.532. The van der Waals surface area contributed by atoms with Crippen LogP contribution in [-0.2, 0) is 7.05 Å². The molecule has 4 nitrogen and oxygen atoms in total. The van der Waals surface area contributed by atoms with Crippen molar-refractivity contribution in [2.45, 2.75) is 0 Å². The van der Waals surface area contributed by atoms with Crippen LogP contribution in [0.15, 0.2) is 6.33 Å². The van der Waals surface area contributed by atoms with E-state index in [4.69, 9.17) is 4.74 Å². The van der Waals surface area contributed by atoms with Crippen molar-refractivity contribution in [3.8, 4) is 6.01 Å². The third kappa shape index (κ3) is 0.641. The van der Waals surface area contributed by atoms with Gasteiger partial charge in [-0.25, -0.2) is 0 Å². The molecule has 0 bridgehead atoms. The van der Waals surface area contributed by atoms with Crippen LogP contribution < -0.4 is 4.74 Å². The molecule has 1 aromatic heterocycles. The van der Waals surface area contributed by atoms with Gasteiger partial charge < -0.3 is 4.74 Å². The predicted octanol–water partition coefficient (Wildman–Crippen LogP) is -0.176. The lowest BCUT2D eigenvalue weighted by atomic mass is 11.0. The van der Waals surface area contributed by atoms with Gasteiger partial charge in [0.25, 0.3) is 0 Å². The molecule has 0 saturated carbocycles. The molecule has 0 aliphatic heterocycles. The minimum absolute atomic E-state index is 0.532. The third-order valence-electron chi connectivity index (χ3n) is 0.852. The summed E-state index contributed by atoms with van der Waals surface area (Å²) < 4.78 is 6.47. The zero-order valence-corrected chi connectivity index (χ0v) is 4.83. The third-order valence-corrected chi connectivity index (χ3v) is 0.852. The van der Waals surface area contributed by atoms with Crippen molar-refractivity contribution in [1.29, 1.82) is 0 Å². The van der Waals surface area contributed by atoms with Gasteiger partial charge in [-0.3, -0.25) is 4.57 Å². The highest BCUT2D eigenvalue weighted by atomic mass is 16.5. The number of hydrogen-bond acceptors (Lipinski definition) is 3. The van der Waals surface area contributed by atoms with Crippen molar-refractivity contribution in [2.75, 3.05) is 7.11 Å². The van der Waals surface area contributed by atoms with E-state index in [0.29, 0.717) is 6.01 Å². The SMILES string of the molecule is COc1nncn1C. The molecule has 0 fully saturated rings. The fourth-order valence-corrected chi connectivity index (χ4v) is 0.457. The molecule has 0 unspecified atom stereocenters. The first-order valence-corrected chi connectivity index (χ1v) is 2.22. The molecule has 0 saturated heterocycles. The van der Waals surface area contributed by atoms with Gasteiger partial charge in [0.2, 0.25) is 0 Å². The maximum absolute atomic E-state index is 4.77. The standard InChI is InChI=1S/C4H7N3O/c1-7-3-5-6-4(7)8-2/h3H,1-2H3. The maximum atomic E-state index is 4.77. The Kier molecular flexibility index (Phi) is 1.15. The van der Waals surface area contributed by atoms with Gasteiger partial charge in [-0.2, -0.15) is 0 Å². The van der Waals surface area contributed by atoms with Crippen LogP contribution in [0, 0.1) is 0 Å². The van der Waals surface area contributed by atoms with E-state index < -0.39 is 0 Å². The van der Waals surface area contributed by atoms with Crippen LogP contribution in [-0.4, -0.2) is 21.9 Å². The Labute approximate surface area is 47.1 Å². The lowest BCUT2D eigenvalue weighted by Gasteiger charge is -1.92. The Morgan fingerprint density at radius 1 is 1.75 bits per heavy atom. The minimum Gasteiger partial charge on any atom is -0.467 e. The Morgan fingerprint density at radius 2 is 2.50 bits per heavy atom. The summed E-state index contributed by atoms with van der Waals surface area (Å²) in [5, 5.41) is 7.21. The molecule has 0 aromatic carbocycles. The van der Waals surface area contributed by atoms with Gasteiger partial charge in [-0.1, -0.05) is 5.10 Å². The monoisotopic (exact) mass is 113 g/mol. The minimum atomic E-state index is 0.532. The Morgan fingerprint density at radius 3 is 2.75 bits per heavy atom. The van der Waals surface area contributed by atoms with Gasteiger partial charge in [-0.15, -0.1) is 5.10 Å². The summed E-state index contributed by atoms with van der Waals surface area (Å²) in [4.78, 5) is 0. The van der Waals surface area contributed by atoms with Gasteiger partial charge in [0.05, 0.1) is 7.11 Å². The number of nitrogens with zero attached hydrogens (tertiary/aromatic N) is 3. The zero-order valence-electron chi connectivity index (χ0n) is 4.83. The molecule has 0 radical (unpaired) electrons. The average Bonchev–Trinajstić information content (AvgIpc) is 2.14. The molecule has 8 heavy (non-hydrogen) atoms. The topological polar surface area (TPSA) is 39.9 Å². The predicted molar refractivity (Wildman–Crippen MR) is 27.6 cm³/mol. The Hall–Kier alpha value is -1.06. The van der Waals surface area contributed by atoms with E-state index in [1.54, 1.807) is 18.0 Å². The molecule has 0 N–H and O–H groups in total. The Bertz CT molecular complexity index is 172. The molecule has 0 atom stereocenters. The summed E-state index contributed by atoms with van der Waals surface area (Å²) in [5.74, 6) is 0. The van der Waals surface area contributed by atoms with E-state index in [1.165, 1.54) is 0 Å². The van der Waals surface area contributed by atoms with Crippen LogP contribution in [0.25, 0.3) is 0 Å². The van der Waals surface area contributed by atoms with E-state index in [9.17, 15) is 0 Å². The molecule has 0 aliphatic carbocycles. The molecular formula is C4H7N3O. The fourth-order valence-electron chi connectivity index (χ4n) is 0.457. The van der Waals surface area contributed by atoms with E-state index in [0.717, 1.165) is 0 Å². The van der Waals surface area contributed by atoms with Crippen molar-refractivity contribution in [2.24, 2.45) is 7.05 Å². The maximum Gasteiger partial charge on any atom is 0.316 e. The Balaban J connectivity index is 2.92. The van der Waals surface area contributed by atoms with Gasteiger partial charge in [0.15, 0.2) is 0 Å². The highest BCUT2D eigenvalue weighted by Gasteiger charge is 1.93. The van der Waals surface area contributed by atoms with Crippen LogP contribution in [0.5, 0.6) is 6.01 Å². The lowest BCUT2D eigenvalue weighted by molar-refractivity contribution is 0.364. The number of methoxy groups -OCH3 is 1. The second kappa shape index (κ2) is 1.81. The normalized spacial score (nSPS) is 9.25. The second-order valence-corrected chi connectivity index (χ2v) is 1.43. The van der Waals surface area contributed by atoms with E-state index in [1.807, 2.05) is 7.05 Å². The van der Waals surface area contributed by atoms with Crippen LogP contribution in [0.2, 0.25) is 0 Å². The number of aryl methyl sites for hydroxylation is 1. The first-order valence-electron chi connectivity index (χ1n) is 2.22. The molecule has 44 valence electrons. The molecule has 0 spiro atoms. The molecule has 0 aliphatic rings. The summed E-state index contributed by atoms with van der Waals surface area (Å²) in [6.45, 7) is 0. The van der Waals surface area contributed by atoms with Crippen LogP contribution in [0.1, 0.15) is 0 Å². The molecule has 0 amide bonds. The largest absolute Gasteiger partial charge is 0.467 e. The van der Waals surface area contributed by atoms with Crippen molar-refractivity contribution >= 4 is 0 Å². The van der Waals surface area contributed by atoms with E-state index >= 15 is 0 Å². The quantitative estimate of drug-likeness (QED) is 0.507. The lowest BCUT2D eigenvalue weighted by Crippen LogP contribution is -1.92. The molecular weight excluding hydrogens is 106 g/mol. The van der Waals surface area contributed by atoms with E-state index in [2.05, 4.69) is 10.2 Å². The number of hydrogen-bond donors (Lipinski definition) is 0. The summed E-state index contributed by atoms with van der Waals surface area (Å²) >= 11 is 0. The average molecular weight is 113 g/mol. The van der Waals surface area contributed by atoms with Crippen molar-refractivity contribution in [3.05, 3.63) is 6.33 Å². The first-order chi connectivity index (χ1) is 3.84. The zero-order chi connectivity index (χ0) is 5.98. The highest BCUT2D eigenvalue weighted by Crippen LogP contribution is 1.97. The van der Waals surface area contributed by atoms with Gasteiger partial charge >= 0.3 is 6.01 Å². The fraction of sp³-hybridized carbons (Fsp3) is 0.500. The van der Waals surface area contributed by atoms with Crippen LogP contribution >= 0.6 is 0 Å². The van der Waals surface area contributed by atoms with Gasteiger partial charge in [0.1, 0.15) is 6.33 Å². The summed E-state index contributed by atoms with van der Waals surface area (Å²) in [6.07, 6.45) is 1.58. The van der Waals surface area contributed by atoms with Gasteiger partial charge in [-0.05, 0) is 0 Å². The van der Waals surface area contributed by atoms with Crippen molar-refractivity contribution < 1.29 is 4.74 Å². The first kappa shape index (κ1) is 5.08. The highest BCUT2D eigenvalue weighted by molar-refractivity contribution is 4.88. The smallest absolute Gasteiger partial charge is 0.316 e. The van der Waals surface area contributed by atoms with Crippen molar-refractivity contribution in [1.82, 2.24) is 14.8 Å². The molecule has 1 aromatic rings. The van der Waals surface area contributed by atoms with Gasteiger partial charge in [0, 0.05) is 7.05 Å². The number of aromatic nitrogens is 3. The molecule has 1 heterocycles. The number of rotatable bonds is 1.